The van der Waals surface area contributed by atoms with Gasteiger partial charge in [0.05, 0.1) is 6.61 Å². The summed E-state index contributed by atoms with van der Waals surface area (Å²) in [6.07, 6.45) is 4.54. The van der Waals surface area contributed by atoms with Gasteiger partial charge in [-0.25, -0.2) is 4.79 Å². The van der Waals surface area contributed by atoms with E-state index in [9.17, 15) is 4.79 Å². The topological polar surface area (TPSA) is 61.4 Å². The highest BCUT2D eigenvalue weighted by molar-refractivity contribution is 8.00. The Bertz CT molecular complexity index is 250. The predicted octanol–water partition coefficient (Wildman–Crippen LogP) is 0.954. The summed E-state index contributed by atoms with van der Waals surface area (Å²) in [5.41, 5.74) is -0.000547. The molecule has 1 unspecified atom stereocenters. The van der Waals surface area contributed by atoms with E-state index in [1.165, 1.54) is 18.6 Å². The van der Waals surface area contributed by atoms with E-state index < -0.39 is 0 Å². The lowest BCUT2D eigenvalue weighted by Gasteiger charge is -2.14. The van der Waals surface area contributed by atoms with Crippen LogP contribution in [0.15, 0.2) is 0 Å². The molecule has 2 aliphatic rings. The Kier molecular flexibility index (Phi) is 3.97. The molecule has 1 atom stereocenters. The highest BCUT2D eigenvalue weighted by Crippen LogP contribution is 2.44. The molecule has 1 heterocycles. The molecule has 3 N–H and O–H groups in total. The van der Waals surface area contributed by atoms with Crippen LogP contribution >= 0.6 is 11.8 Å². The van der Waals surface area contributed by atoms with Crippen LogP contribution in [0.25, 0.3) is 0 Å². The number of thioether (sulfide) groups is 1. The van der Waals surface area contributed by atoms with E-state index in [0.29, 0.717) is 11.8 Å². The van der Waals surface area contributed by atoms with Gasteiger partial charge >= 0.3 is 6.03 Å². The average Bonchev–Trinajstić information content (AvgIpc) is 2.90. The van der Waals surface area contributed by atoms with E-state index in [4.69, 9.17) is 5.11 Å². The van der Waals surface area contributed by atoms with Crippen LogP contribution in [0.3, 0.4) is 0 Å². The third-order valence-electron chi connectivity index (χ3n) is 3.43. The first-order valence-corrected chi connectivity index (χ1v) is 7.03. The summed E-state index contributed by atoms with van der Waals surface area (Å²) in [7, 11) is 0. The van der Waals surface area contributed by atoms with Gasteiger partial charge in [0.15, 0.2) is 0 Å². The van der Waals surface area contributed by atoms with Gasteiger partial charge in [0, 0.05) is 23.8 Å². The van der Waals surface area contributed by atoms with Gasteiger partial charge in [0.25, 0.3) is 0 Å². The van der Waals surface area contributed by atoms with Crippen LogP contribution in [0.2, 0.25) is 0 Å². The Balaban J connectivity index is 1.57. The molecule has 0 spiro atoms. The second-order valence-corrected chi connectivity index (χ2v) is 6.26. The monoisotopic (exact) mass is 244 g/mol. The Morgan fingerprint density at radius 3 is 2.81 bits per heavy atom. The maximum absolute atomic E-state index is 11.5. The fourth-order valence-corrected chi connectivity index (χ4v) is 3.11. The fourth-order valence-electron chi connectivity index (χ4n) is 1.91. The first kappa shape index (κ1) is 12.0. The second kappa shape index (κ2) is 5.27. The van der Waals surface area contributed by atoms with E-state index in [-0.39, 0.29) is 18.1 Å². The summed E-state index contributed by atoms with van der Waals surface area (Å²) in [6, 6.07) is -0.0905. The molecule has 16 heavy (non-hydrogen) atoms. The maximum Gasteiger partial charge on any atom is 0.314 e. The van der Waals surface area contributed by atoms with Crippen molar-refractivity contribution in [1.29, 1.82) is 0 Å². The van der Waals surface area contributed by atoms with Crippen LogP contribution < -0.4 is 10.6 Å². The normalized spacial score (nSPS) is 26.4. The van der Waals surface area contributed by atoms with Crippen LogP contribution in [0.4, 0.5) is 4.79 Å². The zero-order chi connectivity index (χ0) is 11.4. The van der Waals surface area contributed by atoms with Gasteiger partial charge in [-0.2, -0.15) is 11.8 Å². The molecule has 2 rings (SSSR count). The minimum Gasteiger partial charge on any atom is -0.396 e. The van der Waals surface area contributed by atoms with Crippen molar-refractivity contribution >= 4 is 17.8 Å². The number of rotatable bonds is 5. The number of nitrogens with one attached hydrogen (secondary N) is 2. The molecule has 5 heteroatoms. The smallest absolute Gasteiger partial charge is 0.314 e. The summed E-state index contributed by atoms with van der Waals surface area (Å²) in [5, 5.41) is 15.4. The van der Waals surface area contributed by atoms with Crippen molar-refractivity contribution in [3.8, 4) is 0 Å². The van der Waals surface area contributed by atoms with Crippen molar-refractivity contribution in [2.75, 3.05) is 25.4 Å². The van der Waals surface area contributed by atoms with E-state index in [1.807, 2.05) is 11.8 Å². The van der Waals surface area contributed by atoms with Crippen LogP contribution in [-0.4, -0.2) is 41.8 Å². The molecule has 0 bridgehead atoms. The van der Waals surface area contributed by atoms with E-state index in [2.05, 4.69) is 10.6 Å². The van der Waals surface area contributed by atoms with Crippen LogP contribution in [0.1, 0.15) is 25.7 Å². The molecule has 4 nitrogen and oxygen atoms in total. The molecule has 0 aromatic heterocycles. The lowest BCUT2D eigenvalue weighted by Crippen LogP contribution is -2.41. The molecule has 0 aromatic carbocycles. The Morgan fingerprint density at radius 1 is 1.44 bits per heavy atom. The lowest BCUT2D eigenvalue weighted by molar-refractivity contribution is 0.203. The van der Waals surface area contributed by atoms with E-state index in [1.54, 1.807) is 0 Å². The van der Waals surface area contributed by atoms with Crippen LogP contribution in [0.5, 0.6) is 0 Å². The molecule has 2 amide bonds. The average molecular weight is 244 g/mol. The van der Waals surface area contributed by atoms with Gasteiger partial charge in [0.1, 0.15) is 0 Å². The quantitative estimate of drug-likeness (QED) is 0.675. The standard InChI is InChI=1S/C11H20N2O2S/c14-8-11(3-4-11)7-13-10(15)12-6-9-2-1-5-16-9/h9,14H,1-8H2,(H2,12,13,15). The van der Waals surface area contributed by atoms with Gasteiger partial charge in [-0.3, -0.25) is 0 Å². The highest BCUT2D eigenvalue weighted by atomic mass is 32.2. The summed E-state index contributed by atoms with van der Waals surface area (Å²) >= 11 is 1.94. The number of amides is 2. The number of carbonyl (C=O) groups excluding carboxylic acids is 1. The van der Waals surface area contributed by atoms with Gasteiger partial charge < -0.3 is 15.7 Å². The zero-order valence-corrected chi connectivity index (χ0v) is 10.3. The van der Waals surface area contributed by atoms with Gasteiger partial charge in [-0.15, -0.1) is 0 Å². The SMILES string of the molecule is O=C(NCC1CCCS1)NCC1(CO)CC1. The van der Waals surface area contributed by atoms with Gasteiger partial charge in [-0.1, -0.05) is 0 Å². The molecular weight excluding hydrogens is 224 g/mol. The fraction of sp³-hybridized carbons (Fsp3) is 0.909. The van der Waals surface area contributed by atoms with Crippen molar-refractivity contribution in [2.24, 2.45) is 5.41 Å². The summed E-state index contributed by atoms with van der Waals surface area (Å²) in [6.45, 7) is 1.56. The number of hydrogen-bond donors (Lipinski definition) is 3. The molecule has 1 saturated heterocycles. The molecule has 1 aliphatic heterocycles. The van der Waals surface area contributed by atoms with Gasteiger partial charge in [-0.05, 0) is 31.4 Å². The predicted molar refractivity (Wildman–Crippen MR) is 65.6 cm³/mol. The number of aliphatic hydroxyl groups is 1. The van der Waals surface area contributed by atoms with Gasteiger partial charge in [0.2, 0.25) is 0 Å². The second-order valence-electron chi connectivity index (χ2n) is 4.86. The van der Waals surface area contributed by atoms with E-state index in [0.717, 1.165) is 19.4 Å². The van der Waals surface area contributed by atoms with Crippen LogP contribution in [0, 0.1) is 5.41 Å². The number of carbonyl (C=O) groups is 1. The first-order valence-electron chi connectivity index (χ1n) is 5.98. The Labute approximate surface area is 101 Å². The van der Waals surface area contributed by atoms with Crippen molar-refractivity contribution in [3.63, 3.8) is 0 Å². The molecule has 2 fully saturated rings. The molecule has 1 saturated carbocycles. The third kappa shape index (κ3) is 3.28. The van der Waals surface area contributed by atoms with Crippen molar-refractivity contribution in [2.45, 2.75) is 30.9 Å². The maximum atomic E-state index is 11.5. The summed E-state index contributed by atoms with van der Waals surface area (Å²) in [4.78, 5) is 11.5. The Morgan fingerprint density at radius 2 is 2.25 bits per heavy atom. The van der Waals surface area contributed by atoms with Crippen molar-refractivity contribution in [1.82, 2.24) is 10.6 Å². The minimum absolute atomic E-state index is 0.000547. The number of aliphatic hydroxyl groups excluding tert-OH is 1. The van der Waals surface area contributed by atoms with Crippen molar-refractivity contribution < 1.29 is 9.90 Å². The molecule has 1 aliphatic carbocycles. The Hall–Kier alpha value is -0.420. The molecule has 0 radical (unpaired) electrons. The highest BCUT2D eigenvalue weighted by Gasteiger charge is 2.42. The van der Waals surface area contributed by atoms with E-state index >= 15 is 0 Å². The molecular formula is C11H20N2O2S. The summed E-state index contributed by atoms with van der Waals surface area (Å²) in [5.74, 6) is 1.22. The largest absolute Gasteiger partial charge is 0.396 e. The molecule has 0 aromatic rings. The third-order valence-corrected chi connectivity index (χ3v) is 4.83. The number of hydrogen-bond acceptors (Lipinski definition) is 3. The molecule has 92 valence electrons. The summed E-state index contributed by atoms with van der Waals surface area (Å²) < 4.78 is 0. The number of urea groups is 1. The minimum atomic E-state index is -0.0905. The van der Waals surface area contributed by atoms with Crippen LogP contribution in [-0.2, 0) is 0 Å². The first-order chi connectivity index (χ1) is 7.74. The van der Waals surface area contributed by atoms with Crippen molar-refractivity contribution in [3.05, 3.63) is 0 Å². The zero-order valence-electron chi connectivity index (χ0n) is 9.50. The lowest BCUT2D eigenvalue weighted by atomic mass is 10.1.